The van der Waals surface area contributed by atoms with E-state index in [9.17, 15) is 8.42 Å². The van der Waals surface area contributed by atoms with Crippen LogP contribution in [0.5, 0.6) is 0 Å². The first-order chi connectivity index (χ1) is 9.90. The lowest BCUT2D eigenvalue weighted by Crippen LogP contribution is -2.39. The second-order valence-corrected chi connectivity index (χ2v) is 8.41. The molecule has 1 fully saturated rings. The van der Waals surface area contributed by atoms with Gasteiger partial charge in [-0.1, -0.05) is 26.0 Å². The molecule has 0 heterocycles. The molecular formula is C16H24ClNO2S. The van der Waals surface area contributed by atoms with E-state index in [-0.39, 0.29) is 6.04 Å². The molecule has 21 heavy (non-hydrogen) atoms. The molecule has 1 aromatic rings. The third-order valence-corrected chi connectivity index (χ3v) is 5.84. The van der Waals surface area contributed by atoms with Gasteiger partial charge in [0.15, 0.2) is 0 Å². The molecule has 0 bridgehead atoms. The first kappa shape index (κ1) is 16.8. The quantitative estimate of drug-likeness (QED) is 0.839. The average molecular weight is 330 g/mol. The number of sulfonamides is 1. The summed E-state index contributed by atoms with van der Waals surface area (Å²) in [7, 11) is -3.42. The summed E-state index contributed by atoms with van der Waals surface area (Å²) in [6.45, 7) is 4.38. The van der Waals surface area contributed by atoms with Gasteiger partial charge in [0.2, 0.25) is 10.0 Å². The zero-order chi connectivity index (χ0) is 15.5. The predicted molar refractivity (Wildman–Crippen MR) is 87.2 cm³/mol. The molecule has 2 unspecified atom stereocenters. The van der Waals surface area contributed by atoms with Gasteiger partial charge in [0.25, 0.3) is 0 Å². The summed E-state index contributed by atoms with van der Waals surface area (Å²) in [4.78, 5) is 0.340. The van der Waals surface area contributed by atoms with Crippen LogP contribution in [0.2, 0.25) is 0 Å². The van der Waals surface area contributed by atoms with Crippen molar-refractivity contribution in [2.75, 3.05) is 5.88 Å². The fraction of sp³-hybridized carbons (Fsp3) is 0.625. The van der Waals surface area contributed by atoms with E-state index in [1.165, 1.54) is 6.42 Å². The van der Waals surface area contributed by atoms with E-state index >= 15 is 0 Å². The lowest BCUT2D eigenvalue weighted by Gasteiger charge is -2.31. The number of hydrogen-bond acceptors (Lipinski definition) is 2. The molecule has 0 radical (unpaired) electrons. The number of aryl methyl sites for hydroxylation is 1. The Bertz CT molecular complexity index is 546. The maximum absolute atomic E-state index is 12.4. The van der Waals surface area contributed by atoms with Crippen molar-refractivity contribution in [1.82, 2.24) is 4.72 Å². The van der Waals surface area contributed by atoms with Crippen LogP contribution in [0, 0.1) is 11.8 Å². The lowest BCUT2D eigenvalue weighted by molar-refractivity contribution is 0.257. The molecule has 5 heteroatoms. The summed E-state index contributed by atoms with van der Waals surface area (Å²) in [6, 6.07) is 7.06. The van der Waals surface area contributed by atoms with E-state index in [2.05, 4.69) is 18.6 Å². The topological polar surface area (TPSA) is 46.2 Å². The highest BCUT2D eigenvalue weighted by molar-refractivity contribution is 7.89. The monoisotopic (exact) mass is 329 g/mol. The van der Waals surface area contributed by atoms with Crippen molar-refractivity contribution in [1.29, 1.82) is 0 Å². The summed E-state index contributed by atoms with van der Waals surface area (Å²) in [5.74, 6) is 1.70. The van der Waals surface area contributed by atoms with Crippen LogP contribution in [0.25, 0.3) is 0 Å². The van der Waals surface area contributed by atoms with Crippen LogP contribution in [-0.4, -0.2) is 20.3 Å². The molecule has 2 rings (SSSR count). The maximum Gasteiger partial charge on any atom is 0.240 e. The van der Waals surface area contributed by atoms with Gasteiger partial charge in [-0.3, -0.25) is 0 Å². The number of benzene rings is 1. The summed E-state index contributed by atoms with van der Waals surface area (Å²) in [5, 5.41) is 0. The van der Waals surface area contributed by atoms with Crippen molar-refractivity contribution >= 4 is 21.6 Å². The van der Waals surface area contributed by atoms with Crippen LogP contribution in [0.3, 0.4) is 0 Å². The van der Waals surface area contributed by atoms with Crippen molar-refractivity contribution in [3.8, 4) is 0 Å². The SMILES string of the molecule is CC1CC(C)CC(NS(=O)(=O)c2ccc(CCCl)cc2)C1. The first-order valence-electron chi connectivity index (χ1n) is 7.58. The Labute approximate surface area is 133 Å². The molecule has 0 spiro atoms. The van der Waals surface area contributed by atoms with Crippen molar-refractivity contribution in [3.05, 3.63) is 29.8 Å². The molecule has 0 aliphatic heterocycles. The Morgan fingerprint density at radius 1 is 1.10 bits per heavy atom. The molecule has 1 aliphatic rings. The Balaban J connectivity index is 2.07. The molecule has 0 aromatic heterocycles. The predicted octanol–water partition coefficient (Wildman–Crippen LogP) is 3.57. The largest absolute Gasteiger partial charge is 0.240 e. The van der Waals surface area contributed by atoms with Crippen molar-refractivity contribution in [3.63, 3.8) is 0 Å². The van der Waals surface area contributed by atoms with Gasteiger partial charge in [0.05, 0.1) is 4.90 Å². The third kappa shape index (κ3) is 4.70. The van der Waals surface area contributed by atoms with Gasteiger partial charge >= 0.3 is 0 Å². The highest BCUT2D eigenvalue weighted by atomic mass is 35.5. The summed E-state index contributed by atoms with van der Waals surface area (Å²) in [6.07, 6.45) is 3.79. The number of nitrogens with one attached hydrogen (secondary N) is 1. The number of hydrogen-bond donors (Lipinski definition) is 1. The van der Waals surface area contributed by atoms with Crippen molar-refractivity contribution in [2.24, 2.45) is 11.8 Å². The smallest absolute Gasteiger partial charge is 0.208 e. The van der Waals surface area contributed by atoms with Gasteiger partial charge in [-0.15, -0.1) is 11.6 Å². The van der Waals surface area contributed by atoms with Gasteiger partial charge in [-0.2, -0.15) is 0 Å². The Kier molecular flexibility index (Phi) is 5.69. The zero-order valence-corrected chi connectivity index (χ0v) is 14.3. The van der Waals surface area contributed by atoms with E-state index in [1.54, 1.807) is 12.1 Å². The van der Waals surface area contributed by atoms with E-state index in [4.69, 9.17) is 11.6 Å². The number of alkyl halides is 1. The van der Waals surface area contributed by atoms with Crippen LogP contribution < -0.4 is 4.72 Å². The minimum atomic E-state index is -3.42. The molecule has 2 atom stereocenters. The second-order valence-electron chi connectivity index (χ2n) is 6.32. The van der Waals surface area contributed by atoms with Gasteiger partial charge in [-0.05, 0) is 55.2 Å². The Morgan fingerprint density at radius 2 is 1.67 bits per heavy atom. The van der Waals surface area contributed by atoms with Crippen molar-refractivity contribution in [2.45, 2.75) is 50.5 Å². The van der Waals surface area contributed by atoms with E-state index in [0.29, 0.717) is 22.6 Å². The van der Waals surface area contributed by atoms with E-state index < -0.39 is 10.0 Å². The minimum absolute atomic E-state index is 0.0521. The van der Waals surface area contributed by atoms with Gasteiger partial charge < -0.3 is 0 Å². The van der Waals surface area contributed by atoms with Crippen LogP contribution in [-0.2, 0) is 16.4 Å². The van der Waals surface area contributed by atoms with Crippen LogP contribution >= 0.6 is 11.6 Å². The maximum atomic E-state index is 12.4. The van der Waals surface area contributed by atoms with Crippen LogP contribution in [0.4, 0.5) is 0 Å². The van der Waals surface area contributed by atoms with Crippen LogP contribution in [0.1, 0.15) is 38.7 Å². The molecule has 0 saturated heterocycles. The molecule has 1 aromatic carbocycles. The lowest BCUT2D eigenvalue weighted by atomic mass is 9.81. The van der Waals surface area contributed by atoms with Crippen LogP contribution in [0.15, 0.2) is 29.2 Å². The summed E-state index contributed by atoms with van der Waals surface area (Å²) < 4.78 is 27.8. The molecule has 3 nitrogen and oxygen atoms in total. The summed E-state index contributed by atoms with van der Waals surface area (Å²) >= 11 is 5.69. The normalized spacial score (nSPS) is 26.7. The fourth-order valence-electron chi connectivity index (χ4n) is 3.28. The third-order valence-electron chi connectivity index (χ3n) is 4.12. The standard InChI is InChI=1S/C16H24ClNO2S/c1-12-9-13(2)11-15(10-12)18-21(19,20)16-5-3-14(4-6-16)7-8-17/h3-6,12-13,15,18H,7-11H2,1-2H3. The van der Waals surface area contributed by atoms with Gasteiger partial charge in [-0.25, -0.2) is 13.1 Å². The van der Waals surface area contributed by atoms with E-state index in [1.807, 2.05) is 12.1 Å². The molecule has 1 N–H and O–H groups in total. The number of halogens is 1. The molecule has 1 aliphatic carbocycles. The average Bonchev–Trinajstić information content (AvgIpc) is 2.38. The highest BCUT2D eigenvalue weighted by Gasteiger charge is 2.27. The minimum Gasteiger partial charge on any atom is -0.208 e. The van der Waals surface area contributed by atoms with Gasteiger partial charge in [0.1, 0.15) is 0 Å². The molecular weight excluding hydrogens is 306 g/mol. The summed E-state index contributed by atoms with van der Waals surface area (Å²) in [5.41, 5.74) is 1.06. The fourth-order valence-corrected chi connectivity index (χ4v) is 4.76. The van der Waals surface area contributed by atoms with E-state index in [0.717, 1.165) is 24.8 Å². The van der Waals surface area contributed by atoms with Crippen molar-refractivity contribution < 1.29 is 8.42 Å². The highest BCUT2D eigenvalue weighted by Crippen LogP contribution is 2.29. The molecule has 0 amide bonds. The van der Waals surface area contributed by atoms with Gasteiger partial charge in [0, 0.05) is 11.9 Å². The first-order valence-corrected chi connectivity index (χ1v) is 9.59. The Hall–Kier alpha value is -0.580. The second kappa shape index (κ2) is 7.12. The molecule has 1 saturated carbocycles. The molecule has 118 valence electrons. The zero-order valence-electron chi connectivity index (χ0n) is 12.7. The Morgan fingerprint density at radius 3 is 2.19 bits per heavy atom. The number of rotatable bonds is 5.